The van der Waals surface area contributed by atoms with Gasteiger partial charge in [0.25, 0.3) is 0 Å². The quantitative estimate of drug-likeness (QED) is 0.397. The minimum atomic E-state index is 0. The number of nitrogens with two attached hydrogens (primary N) is 1. The van der Waals surface area contributed by atoms with E-state index in [1.807, 2.05) is 43.3 Å². The zero-order valence-corrected chi connectivity index (χ0v) is 18.8. The molecule has 2 aromatic rings. The van der Waals surface area contributed by atoms with Gasteiger partial charge in [0.15, 0.2) is 5.96 Å². The van der Waals surface area contributed by atoms with Gasteiger partial charge in [-0.1, -0.05) is 17.7 Å². The third kappa shape index (κ3) is 5.62. The molecule has 1 aromatic heterocycles. The third-order valence-corrected chi connectivity index (χ3v) is 4.75. The van der Waals surface area contributed by atoms with Crippen molar-refractivity contribution in [3.63, 3.8) is 0 Å². The van der Waals surface area contributed by atoms with Gasteiger partial charge in [-0.3, -0.25) is 0 Å². The van der Waals surface area contributed by atoms with Crippen molar-refractivity contribution in [2.24, 2.45) is 10.7 Å². The summed E-state index contributed by atoms with van der Waals surface area (Å²) >= 11 is 5.96. The first-order valence-electron chi connectivity index (χ1n) is 8.71. The molecule has 8 heteroatoms. The smallest absolute Gasteiger partial charge is 0.191 e. The van der Waals surface area contributed by atoms with Gasteiger partial charge in [0, 0.05) is 62.7 Å². The molecule has 1 fully saturated rings. The molecule has 1 aliphatic heterocycles. The van der Waals surface area contributed by atoms with E-state index in [1.165, 1.54) is 5.69 Å². The summed E-state index contributed by atoms with van der Waals surface area (Å²) in [6.07, 6.45) is 1.79. The molecule has 1 saturated heterocycles. The van der Waals surface area contributed by atoms with Crippen molar-refractivity contribution in [3.05, 3.63) is 53.2 Å². The molecule has 1 aromatic carbocycles. The number of aromatic nitrogens is 1. The Morgan fingerprint density at radius 3 is 2.44 bits per heavy atom. The minimum Gasteiger partial charge on any atom is -0.370 e. The first kappa shape index (κ1) is 21.6. The van der Waals surface area contributed by atoms with Crippen molar-refractivity contribution in [2.75, 3.05) is 50.1 Å². The largest absolute Gasteiger partial charge is 0.370 e. The van der Waals surface area contributed by atoms with Gasteiger partial charge in [0.05, 0.1) is 6.54 Å². The Balaban J connectivity index is 0.00000261. The highest BCUT2D eigenvalue weighted by Crippen LogP contribution is 2.20. The van der Waals surface area contributed by atoms with Crippen molar-refractivity contribution in [3.8, 4) is 0 Å². The van der Waals surface area contributed by atoms with E-state index in [9.17, 15) is 0 Å². The SMILES string of the molecule is CN(C)c1ncccc1CN=C(N)N1CCN(c2ccc(Cl)cc2)CC1.I. The summed E-state index contributed by atoms with van der Waals surface area (Å²) in [5, 5.41) is 0.760. The van der Waals surface area contributed by atoms with E-state index < -0.39 is 0 Å². The number of anilines is 2. The fourth-order valence-corrected chi connectivity index (χ4v) is 3.19. The maximum atomic E-state index is 6.23. The molecule has 6 nitrogen and oxygen atoms in total. The lowest BCUT2D eigenvalue weighted by molar-refractivity contribution is 0.380. The fraction of sp³-hybridized carbons (Fsp3) is 0.368. The molecule has 0 saturated carbocycles. The van der Waals surface area contributed by atoms with E-state index in [0.29, 0.717) is 12.5 Å². The molecular formula is C19H26ClIN6. The van der Waals surface area contributed by atoms with Crippen LogP contribution < -0.4 is 15.5 Å². The topological polar surface area (TPSA) is 61.0 Å². The molecule has 0 aliphatic carbocycles. The molecule has 1 aliphatic rings. The van der Waals surface area contributed by atoms with Gasteiger partial charge in [-0.25, -0.2) is 9.98 Å². The van der Waals surface area contributed by atoms with Crippen LogP contribution in [0.25, 0.3) is 0 Å². The van der Waals surface area contributed by atoms with E-state index in [4.69, 9.17) is 17.3 Å². The van der Waals surface area contributed by atoms with E-state index in [-0.39, 0.29) is 24.0 Å². The number of guanidine groups is 1. The predicted molar refractivity (Wildman–Crippen MR) is 125 cm³/mol. The predicted octanol–water partition coefficient (Wildman–Crippen LogP) is 3.06. The Labute approximate surface area is 183 Å². The van der Waals surface area contributed by atoms with Crippen LogP contribution in [-0.4, -0.2) is 56.1 Å². The molecule has 0 atom stereocenters. The Morgan fingerprint density at radius 2 is 1.81 bits per heavy atom. The molecule has 27 heavy (non-hydrogen) atoms. The van der Waals surface area contributed by atoms with Gasteiger partial charge in [0.1, 0.15) is 5.82 Å². The molecule has 0 radical (unpaired) electrons. The van der Waals surface area contributed by atoms with Crippen LogP contribution >= 0.6 is 35.6 Å². The van der Waals surface area contributed by atoms with Crippen LogP contribution in [-0.2, 0) is 6.54 Å². The molecule has 0 amide bonds. The standard InChI is InChI=1S/C19H25ClN6.HI/c1-24(2)18-15(4-3-9-22-18)14-23-19(21)26-12-10-25(11-13-26)17-7-5-16(20)6-8-17;/h3-9H,10-14H2,1-2H3,(H2,21,23);1H. The van der Waals surface area contributed by atoms with Crippen LogP contribution in [0, 0.1) is 0 Å². The Morgan fingerprint density at radius 1 is 1.15 bits per heavy atom. The minimum absolute atomic E-state index is 0. The highest BCUT2D eigenvalue weighted by molar-refractivity contribution is 14.0. The summed E-state index contributed by atoms with van der Waals surface area (Å²) in [5.74, 6) is 1.52. The summed E-state index contributed by atoms with van der Waals surface area (Å²) in [7, 11) is 3.96. The maximum Gasteiger partial charge on any atom is 0.191 e. The number of rotatable bonds is 4. The highest BCUT2D eigenvalue weighted by Gasteiger charge is 2.18. The lowest BCUT2D eigenvalue weighted by atomic mass is 10.2. The van der Waals surface area contributed by atoms with Crippen LogP contribution in [0.3, 0.4) is 0 Å². The number of nitrogens with zero attached hydrogens (tertiary/aromatic N) is 5. The normalized spacial score (nSPS) is 14.7. The number of halogens is 2. The van der Waals surface area contributed by atoms with Crippen molar-refractivity contribution in [1.82, 2.24) is 9.88 Å². The van der Waals surface area contributed by atoms with E-state index in [1.54, 1.807) is 6.20 Å². The summed E-state index contributed by atoms with van der Waals surface area (Å²) in [4.78, 5) is 15.5. The van der Waals surface area contributed by atoms with Crippen molar-refractivity contribution in [2.45, 2.75) is 6.54 Å². The van der Waals surface area contributed by atoms with Crippen LogP contribution in [0.1, 0.15) is 5.56 Å². The lowest BCUT2D eigenvalue weighted by Gasteiger charge is -2.36. The number of pyridine rings is 1. The van der Waals surface area contributed by atoms with Crippen LogP contribution in [0.4, 0.5) is 11.5 Å². The summed E-state index contributed by atoms with van der Waals surface area (Å²) < 4.78 is 0. The zero-order valence-electron chi connectivity index (χ0n) is 15.7. The van der Waals surface area contributed by atoms with E-state index >= 15 is 0 Å². The Kier molecular flexibility index (Phi) is 7.97. The second kappa shape index (κ2) is 9.98. The summed E-state index contributed by atoms with van der Waals surface area (Å²) in [6.45, 7) is 4.06. The third-order valence-electron chi connectivity index (χ3n) is 4.50. The van der Waals surface area contributed by atoms with Gasteiger partial charge in [-0.2, -0.15) is 0 Å². The van der Waals surface area contributed by atoms with Crippen LogP contribution in [0.5, 0.6) is 0 Å². The average Bonchev–Trinajstić information content (AvgIpc) is 2.67. The number of hydrogen-bond donors (Lipinski definition) is 1. The monoisotopic (exact) mass is 500 g/mol. The maximum absolute atomic E-state index is 6.23. The fourth-order valence-electron chi connectivity index (χ4n) is 3.07. The molecule has 0 bridgehead atoms. The van der Waals surface area contributed by atoms with Gasteiger partial charge in [-0.05, 0) is 30.3 Å². The van der Waals surface area contributed by atoms with Gasteiger partial charge < -0.3 is 20.4 Å². The molecule has 0 unspecified atom stereocenters. The second-order valence-electron chi connectivity index (χ2n) is 6.51. The highest BCUT2D eigenvalue weighted by atomic mass is 127. The van der Waals surface area contributed by atoms with Crippen LogP contribution in [0.2, 0.25) is 5.02 Å². The zero-order chi connectivity index (χ0) is 18.5. The molecule has 3 rings (SSSR count). The number of hydrogen-bond acceptors (Lipinski definition) is 4. The van der Waals surface area contributed by atoms with Crippen LogP contribution in [0.15, 0.2) is 47.6 Å². The lowest BCUT2D eigenvalue weighted by Crippen LogP contribution is -2.51. The van der Waals surface area contributed by atoms with Gasteiger partial charge in [-0.15, -0.1) is 24.0 Å². The first-order valence-corrected chi connectivity index (χ1v) is 9.09. The molecule has 146 valence electrons. The molecular weight excluding hydrogens is 475 g/mol. The number of piperazine rings is 1. The van der Waals surface area contributed by atoms with Gasteiger partial charge >= 0.3 is 0 Å². The van der Waals surface area contributed by atoms with E-state index in [2.05, 4.69) is 31.9 Å². The molecule has 2 N–H and O–H groups in total. The van der Waals surface area contributed by atoms with Gasteiger partial charge in [0.2, 0.25) is 0 Å². The summed E-state index contributed by atoms with van der Waals surface area (Å²) in [6, 6.07) is 11.9. The molecule has 2 heterocycles. The second-order valence-corrected chi connectivity index (χ2v) is 6.94. The number of aliphatic imine (C=N–C) groups is 1. The summed E-state index contributed by atoms with van der Waals surface area (Å²) in [5.41, 5.74) is 8.49. The average molecular weight is 501 g/mol. The molecule has 0 spiro atoms. The van der Waals surface area contributed by atoms with Crippen molar-refractivity contribution >= 4 is 53.0 Å². The van der Waals surface area contributed by atoms with Crippen molar-refractivity contribution < 1.29 is 0 Å². The van der Waals surface area contributed by atoms with Crippen molar-refractivity contribution in [1.29, 1.82) is 0 Å². The first-order chi connectivity index (χ1) is 12.5. The Hall–Kier alpha value is -1.74. The van der Waals surface area contributed by atoms with E-state index in [0.717, 1.165) is 42.6 Å². The Bertz CT molecular complexity index is 757. The number of benzene rings is 1.